The van der Waals surface area contributed by atoms with Crippen molar-refractivity contribution in [3.63, 3.8) is 0 Å². The molecule has 0 unspecified atom stereocenters. The monoisotopic (exact) mass is 342 g/mol. The summed E-state index contributed by atoms with van der Waals surface area (Å²) >= 11 is 0. The number of amides is 1. The number of carbonyl (C=O) groups excluding carboxylic acids is 1. The van der Waals surface area contributed by atoms with E-state index in [4.69, 9.17) is 11.2 Å². The molecule has 1 N–H and O–H groups in total. The molecule has 2 aliphatic heterocycles. The lowest BCUT2D eigenvalue weighted by Crippen LogP contribution is -2.31. The molecule has 134 valence electrons. The Morgan fingerprint density at radius 1 is 1.40 bits per heavy atom. The summed E-state index contributed by atoms with van der Waals surface area (Å²) in [4.78, 5) is 20.7. The lowest BCUT2D eigenvalue weighted by atomic mass is 10.3. The molecule has 1 aromatic rings. The second-order valence-corrected chi connectivity index (χ2v) is 6.58. The van der Waals surface area contributed by atoms with E-state index in [9.17, 15) is 4.79 Å². The summed E-state index contributed by atoms with van der Waals surface area (Å²) in [5.74, 6) is 4.26. The number of hydrogen-bond acceptors (Lipinski definition) is 5. The van der Waals surface area contributed by atoms with Crippen molar-refractivity contribution in [2.24, 2.45) is 0 Å². The zero-order valence-electron chi connectivity index (χ0n) is 14.6. The molecule has 0 spiro atoms. The highest BCUT2D eigenvalue weighted by molar-refractivity contribution is 5.76. The van der Waals surface area contributed by atoms with Crippen LogP contribution in [0.1, 0.15) is 25.7 Å². The van der Waals surface area contributed by atoms with Crippen LogP contribution in [-0.2, 0) is 4.79 Å². The zero-order valence-corrected chi connectivity index (χ0v) is 14.6. The maximum atomic E-state index is 11.6. The van der Waals surface area contributed by atoms with Crippen molar-refractivity contribution in [3.05, 3.63) is 18.3 Å². The fourth-order valence-electron chi connectivity index (χ4n) is 3.41. The molecule has 0 aromatic carbocycles. The Labute approximate surface area is 149 Å². The summed E-state index contributed by atoms with van der Waals surface area (Å²) in [5.41, 5.74) is 0. The van der Waals surface area contributed by atoms with Crippen molar-refractivity contribution in [2.75, 3.05) is 44.2 Å². The van der Waals surface area contributed by atoms with E-state index in [1.54, 1.807) is 0 Å². The predicted molar refractivity (Wildman–Crippen MR) is 97.6 cm³/mol. The topological polar surface area (TPSA) is 57.7 Å². The Balaban J connectivity index is 1.49. The van der Waals surface area contributed by atoms with Crippen molar-refractivity contribution in [1.82, 2.24) is 15.2 Å². The van der Waals surface area contributed by atoms with Crippen LogP contribution < -0.4 is 15.0 Å². The molecule has 25 heavy (non-hydrogen) atoms. The molecule has 3 heterocycles. The van der Waals surface area contributed by atoms with Gasteiger partial charge < -0.3 is 15.0 Å². The summed E-state index contributed by atoms with van der Waals surface area (Å²) in [6.45, 7) is 4.93. The van der Waals surface area contributed by atoms with Crippen LogP contribution in [0.4, 0.5) is 5.82 Å². The minimum absolute atomic E-state index is 0.00546. The van der Waals surface area contributed by atoms with E-state index < -0.39 is 0 Å². The van der Waals surface area contributed by atoms with E-state index in [0.717, 1.165) is 50.7 Å². The van der Waals surface area contributed by atoms with Crippen molar-refractivity contribution >= 4 is 11.7 Å². The van der Waals surface area contributed by atoms with Gasteiger partial charge in [0.15, 0.2) is 11.6 Å². The van der Waals surface area contributed by atoms with E-state index in [-0.39, 0.29) is 12.0 Å². The smallest absolute Gasteiger partial charge is 0.222 e. The van der Waals surface area contributed by atoms with Crippen LogP contribution in [0, 0.1) is 12.3 Å². The van der Waals surface area contributed by atoms with E-state index in [0.29, 0.717) is 13.0 Å². The number of nitrogens with zero attached hydrogens (tertiary/aromatic N) is 3. The summed E-state index contributed by atoms with van der Waals surface area (Å²) < 4.78 is 6.25. The third kappa shape index (κ3) is 4.86. The van der Waals surface area contributed by atoms with E-state index in [1.807, 2.05) is 18.3 Å². The first kappa shape index (κ1) is 17.6. The van der Waals surface area contributed by atoms with E-state index in [1.165, 1.54) is 12.8 Å². The number of aromatic nitrogens is 1. The average molecular weight is 342 g/mol. The van der Waals surface area contributed by atoms with Crippen LogP contribution in [0.15, 0.2) is 18.3 Å². The SMILES string of the molecule is C#CCNC(=O)CCN1CC[C@@H](Oc2cccnc2N2CCCC2)C1. The van der Waals surface area contributed by atoms with Gasteiger partial charge in [-0.25, -0.2) is 4.98 Å². The lowest BCUT2D eigenvalue weighted by molar-refractivity contribution is -0.121. The quantitative estimate of drug-likeness (QED) is 0.757. The van der Waals surface area contributed by atoms with Gasteiger partial charge in [-0.1, -0.05) is 5.92 Å². The Hall–Kier alpha value is -2.26. The second kappa shape index (κ2) is 8.72. The number of rotatable bonds is 7. The summed E-state index contributed by atoms with van der Waals surface area (Å²) in [6, 6.07) is 3.94. The number of terminal acetylenes is 1. The molecule has 0 saturated carbocycles. The minimum atomic E-state index is 0.00546. The molecule has 2 aliphatic rings. The second-order valence-electron chi connectivity index (χ2n) is 6.58. The van der Waals surface area contributed by atoms with Crippen LogP contribution in [0.25, 0.3) is 0 Å². The molecule has 2 fully saturated rings. The number of hydrogen-bond donors (Lipinski definition) is 1. The van der Waals surface area contributed by atoms with Gasteiger partial charge >= 0.3 is 0 Å². The van der Waals surface area contributed by atoms with Gasteiger partial charge in [-0.3, -0.25) is 9.69 Å². The minimum Gasteiger partial charge on any atom is -0.485 e. The molecule has 0 aliphatic carbocycles. The van der Waals surface area contributed by atoms with Gasteiger partial charge in [0.2, 0.25) is 5.91 Å². The first-order chi connectivity index (χ1) is 12.3. The third-order valence-electron chi connectivity index (χ3n) is 4.72. The van der Waals surface area contributed by atoms with Crippen LogP contribution >= 0.6 is 0 Å². The van der Waals surface area contributed by atoms with Gasteiger partial charge in [-0.05, 0) is 31.4 Å². The third-order valence-corrected chi connectivity index (χ3v) is 4.72. The molecule has 1 aromatic heterocycles. The molecule has 1 amide bonds. The fourth-order valence-corrected chi connectivity index (χ4v) is 3.41. The maximum Gasteiger partial charge on any atom is 0.222 e. The number of ether oxygens (including phenoxy) is 1. The van der Waals surface area contributed by atoms with Gasteiger partial charge in [0.05, 0.1) is 6.54 Å². The predicted octanol–water partition coefficient (Wildman–Crippen LogP) is 1.27. The number of nitrogens with one attached hydrogen (secondary N) is 1. The lowest BCUT2D eigenvalue weighted by Gasteiger charge is -2.22. The van der Waals surface area contributed by atoms with Crippen molar-refractivity contribution < 1.29 is 9.53 Å². The first-order valence-corrected chi connectivity index (χ1v) is 9.05. The van der Waals surface area contributed by atoms with Gasteiger partial charge in [0.25, 0.3) is 0 Å². The molecular weight excluding hydrogens is 316 g/mol. The van der Waals surface area contributed by atoms with Crippen LogP contribution in [0.3, 0.4) is 0 Å². The molecule has 3 rings (SSSR count). The highest BCUT2D eigenvalue weighted by Crippen LogP contribution is 2.30. The molecule has 2 saturated heterocycles. The first-order valence-electron chi connectivity index (χ1n) is 9.05. The Bertz CT molecular complexity index is 622. The number of pyridine rings is 1. The summed E-state index contributed by atoms with van der Waals surface area (Å²) in [7, 11) is 0. The normalized spacial score (nSPS) is 20.4. The number of anilines is 1. The zero-order chi connectivity index (χ0) is 17.5. The van der Waals surface area contributed by atoms with Gasteiger partial charge in [-0.2, -0.15) is 0 Å². The average Bonchev–Trinajstić information content (AvgIpc) is 3.30. The molecule has 1 atom stereocenters. The maximum absolute atomic E-state index is 11.6. The molecular formula is C19H26N4O2. The highest BCUT2D eigenvalue weighted by atomic mass is 16.5. The molecule has 0 radical (unpaired) electrons. The van der Waals surface area contributed by atoms with Crippen molar-refractivity contribution in [1.29, 1.82) is 0 Å². The molecule has 0 bridgehead atoms. The Morgan fingerprint density at radius 3 is 3.04 bits per heavy atom. The van der Waals surface area contributed by atoms with Gasteiger partial charge in [0.1, 0.15) is 6.10 Å². The van der Waals surface area contributed by atoms with Crippen molar-refractivity contribution in [2.45, 2.75) is 31.8 Å². The highest BCUT2D eigenvalue weighted by Gasteiger charge is 2.26. The van der Waals surface area contributed by atoms with E-state index >= 15 is 0 Å². The number of carbonyl (C=O) groups is 1. The molecule has 6 nitrogen and oxygen atoms in total. The number of likely N-dealkylation sites (tertiary alicyclic amines) is 1. The summed E-state index contributed by atoms with van der Waals surface area (Å²) in [5, 5.41) is 2.70. The van der Waals surface area contributed by atoms with Gasteiger partial charge in [0, 0.05) is 45.3 Å². The fraction of sp³-hybridized carbons (Fsp3) is 0.579. The summed E-state index contributed by atoms with van der Waals surface area (Å²) in [6.07, 6.45) is 11.0. The van der Waals surface area contributed by atoms with Crippen LogP contribution in [0.2, 0.25) is 0 Å². The van der Waals surface area contributed by atoms with Crippen LogP contribution in [-0.4, -0.2) is 61.2 Å². The van der Waals surface area contributed by atoms with Crippen molar-refractivity contribution in [3.8, 4) is 18.1 Å². The largest absolute Gasteiger partial charge is 0.485 e. The standard InChI is InChI=1S/C19H26N4O2/c1-2-9-20-18(24)8-14-22-13-7-16(15-22)25-17-6-5-10-21-19(17)23-11-3-4-12-23/h1,5-6,10,16H,3-4,7-9,11-15H2,(H,20,24)/t16-/m1/s1. The van der Waals surface area contributed by atoms with E-state index in [2.05, 4.69) is 26.0 Å². The Morgan fingerprint density at radius 2 is 2.24 bits per heavy atom. The molecule has 6 heteroatoms. The Kier molecular flexibility index (Phi) is 6.13. The van der Waals surface area contributed by atoms with Gasteiger partial charge in [-0.15, -0.1) is 6.42 Å². The van der Waals surface area contributed by atoms with Crippen LogP contribution in [0.5, 0.6) is 5.75 Å².